The highest BCUT2D eigenvalue weighted by Crippen LogP contribution is 2.29. The molecule has 0 spiro atoms. The van der Waals surface area contributed by atoms with Crippen LogP contribution >= 0.6 is 0 Å². The van der Waals surface area contributed by atoms with E-state index >= 15 is 0 Å². The number of benzene rings is 2. The molecule has 0 amide bonds. The first kappa shape index (κ1) is 16.4. The van der Waals surface area contributed by atoms with Crippen LogP contribution in [0.3, 0.4) is 0 Å². The van der Waals surface area contributed by atoms with Gasteiger partial charge in [-0.15, -0.1) is 0 Å². The van der Waals surface area contributed by atoms with Crippen LogP contribution in [0.25, 0.3) is 0 Å². The average Bonchev–Trinajstić information content (AvgIpc) is 2.45. The molecule has 0 heterocycles. The lowest BCUT2D eigenvalue weighted by Gasteiger charge is -2.10. The van der Waals surface area contributed by atoms with Gasteiger partial charge in [0.05, 0.1) is 10.5 Å². The fraction of sp³-hybridized carbons (Fsp3) is 0.143. The maximum absolute atomic E-state index is 12.8. The Labute approximate surface area is 124 Å². The smallest absolute Gasteiger partial charge is 0.207 e. The minimum absolute atomic E-state index is 0.166. The van der Waals surface area contributed by atoms with Crippen LogP contribution in [-0.4, -0.2) is 8.42 Å². The Kier molecular flexibility index (Phi) is 4.52. The van der Waals surface area contributed by atoms with Crippen LogP contribution in [0.1, 0.15) is 11.1 Å². The first-order chi connectivity index (χ1) is 10.2. The fourth-order valence-corrected chi connectivity index (χ4v) is 2.75. The van der Waals surface area contributed by atoms with Crippen molar-refractivity contribution >= 4 is 10.0 Å². The normalized spacial score (nSPS) is 12.4. The zero-order valence-corrected chi connectivity index (χ0v) is 11.9. The second-order valence-corrected chi connectivity index (χ2v) is 6.24. The van der Waals surface area contributed by atoms with Crippen molar-refractivity contribution < 1.29 is 26.0 Å². The Morgan fingerprint density at radius 1 is 1.00 bits per heavy atom. The minimum atomic E-state index is -4.49. The maximum Gasteiger partial charge on any atom is 0.416 e. The van der Waals surface area contributed by atoms with Crippen LogP contribution in [0.5, 0.6) is 0 Å². The van der Waals surface area contributed by atoms with E-state index < -0.39 is 27.6 Å². The molecule has 2 aromatic rings. The van der Waals surface area contributed by atoms with Gasteiger partial charge in [0, 0.05) is 6.54 Å². The molecule has 118 valence electrons. The van der Waals surface area contributed by atoms with E-state index in [1.807, 2.05) is 0 Å². The number of halogens is 4. The number of alkyl halides is 3. The van der Waals surface area contributed by atoms with Crippen LogP contribution in [0.4, 0.5) is 17.6 Å². The molecule has 22 heavy (non-hydrogen) atoms. The third kappa shape index (κ3) is 4.05. The van der Waals surface area contributed by atoms with Crippen molar-refractivity contribution in [1.82, 2.24) is 4.72 Å². The maximum atomic E-state index is 12.8. The van der Waals surface area contributed by atoms with Gasteiger partial charge in [-0.1, -0.05) is 18.2 Å². The highest BCUT2D eigenvalue weighted by Gasteiger charge is 2.30. The summed E-state index contributed by atoms with van der Waals surface area (Å²) in [6.45, 7) is -0.302. The van der Waals surface area contributed by atoms with E-state index in [0.717, 1.165) is 36.4 Å². The van der Waals surface area contributed by atoms with Crippen molar-refractivity contribution in [2.45, 2.75) is 17.6 Å². The number of hydrogen-bond donors (Lipinski definition) is 1. The third-order valence-corrected chi connectivity index (χ3v) is 4.26. The Morgan fingerprint density at radius 2 is 1.64 bits per heavy atom. The summed E-state index contributed by atoms with van der Waals surface area (Å²) in [7, 11) is -3.92. The SMILES string of the molecule is O=S(=O)(NCc1cccc(C(F)(F)F)c1)c1ccc(F)cc1. The van der Waals surface area contributed by atoms with Crippen LogP contribution in [0.2, 0.25) is 0 Å². The molecule has 2 rings (SSSR count). The first-order valence-electron chi connectivity index (χ1n) is 6.10. The van der Waals surface area contributed by atoms with Gasteiger partial charge < -0.3 is 0 Å². The number of nitrogens with one attached hydrogen (secondary N) is 1. The van der Waals surface area contributed by atoms with Crippen molar-refractivity contribution in [2.24, 2.45) is 0 Å². The Hall–Kier alpha value is -1.93. The van der Waals surface area contributed by atoms with Gasteiger partial charge in [-0.25, -0.2) is 17.5 Å². The van der Waals surface area contributed by atoms with Crippen molar-refractivity contribution in [3.8, 4) is 0 Å². The molecule has 0 unspecified atom stereocenters. The quantitative estimate of drug-likeness (QED) is 0.873. The molecular formula is C14H11F4NO2S. The molecular weight excluding hydrogens is 322 g/mol. The first-order valence-corrected chi connectivity index (χ1v) is 7.58. The molecule has 2 aromatic carbocycles. The van der Waals surface area contributed by atoms with E-state index in [1.54, 1.807) is 0 Å². The second kappa shape index (κ2) is 6.05. The summed E-state index contributed by atoms with van der Waals surface area (Å²) in [5.41, 5.74) is -0.688. The van der Waals surface area contributed by atoms with Crippen LogP contribution in [0.15, 0.2) is 53.4 Å². The lowest BCUT2D eigenvalue weighted by Crippen LogP contribution is -2.23. The highest BCUT2D eigenvalue weighted by molar-refractivity contribution is 7.89. The van der Waals surface area contributed by atoms with Crippen molar-refractivity contribution in [1.29, 1.82) is 0 Å². The molecule has 8 heteroatoms. The van der Waals surface area contributed by atoms with Gasteiger partial charge in [-0.05, 0) is 35.9 Å². The highest BCUT2D eigenvalue weighted by atomic mass is 32.2. The molecule has 0 aromatic heterocycles. The van der Waals surface area contributed by atoms with Gasteiger partial charge in [0.2, 0.25) is 10.0 Å². The zero-order chi connectivity index (χ0) is 16.4. The van der Waals surface area contributed by atoms with Crippen molar-refractivity contribution in [3.63, 3.8) is 0 Å². The van der Waals surface area contributed by atoms with Gasteiger partial charge in [-0.3, -0.25) is 0 Å². The Morgan fingerprint density at radius 3 is 2.23 bits per heavy atom. The van der Waals surface area contributed by atoms with E-state index in [0.29, 0.717) is 0 Å². The Bertz CT molecular complexity index is 755. The summed E-state index contributed by atoms with van der Waals surface area (Å²) < 4.78 is 76.5. The number of hydrogen-bond acceptors (Lipinski definition) is 2. The van der Waals surface area contributed by atoms with E-state index in [9.17, 15) is 26.0 Å². The third-order valence-electron chi connectivity index (χ3n) is 2.84. The van der Waals surface area contributed by atoms with Crippen molar-refractivity contribution in [3.05, 3.63) is 65.5 Å². The van der Waals surface area contributed by atoms with Crippen LogP contribution in [0, 0.1) is 5.82 Å². The molecule has 0 saturated heterocycles. The summed E-state index contributed by atoms with van der Waals surface area (Å²) in [4.78, 5) is -0.166. The standard InChI is InChI=1S/C14H11F4NO2S/c15-12-4-6-13(7-5-12)22(20,21)19-9-10-2-1-3-11(8-10)14(16,17)18/h1-8,19H,9H2. The van der Waals surface area contributed by atoms with E-state index in [-0.39, 0.29) is 17.0 Å². The molecule has 3 nitrogen and oxygen atoms in total. The van der Waals surface area contributed by atoms with Gasteiger partial charge in [0.1, 0.15) is 5.82 Å². The largest absolute Gasteiger partial charge is 0.416 e. The second-order valence-electron chi connectivity index (χ2n) is 4.48. The molecule has 0 aliphatic rings. The van der Waals surface area contributed by atoms with Crippen LogP contribution in [-0.2, 0) is 22.7 Å². The number of sulfonamides is 1. The monoisotopic (exact) mass is 333 g/mol. The topological polar surface area (TPSA) is 46.2 Å². The van der Waals surface area contributed by atoms with Gasteiger partial charge in [0.15, 0.2) is 0 Å². The lowest BCUT2D eigenvalue weighted by atomic mass is 10.1. The van der Waals surface area contributed by atoms with Gasteiger partial charge in [0.25, 0.3) is 0 Å². The predicted molar refractivity (Wildman–Crippen MR) is 71.9 cm³/mol. The fourth-order valence-electron chi connectivity index (χ4n) is 1.73. The van der Waals surface area contributed by atoms with Crippen LogP contribution < -0.4 is 4.72 Å². The summed E-state index contributed by atoms with van der Waals surface area (Å²) >= 11 is 0. The van der Waals surface area contributed by atoms with Gasteiger partial charge in [-0.2, -0.15) is 13.2 Å². The average molecular weight is 333 g/mol. The molecule has 0 fully saturated rings. The Balaban J connectivity index is 2.14. The summed E-state index contributed by atoms with van der Waals surface area (Å²) in [5, 5.41) is 0. The zero-order valence-electron chi connectivity index (χ0n) is 11.1. The van der Waals surface area contributed by atoms with Crippen molar-refractivity contribution in [2.75, 3.05) is 0 Å². The van der Waals surface area contributed by atoms with E-state index in [4.69, 9.17) is 0 Å². The molecule has 0 saturated carbocycles. The predicted octanol–water partition coefficient (Wildman–Crippen LogP) is 3.32. The summed E-state index contributed by atoms with van der Waals surface area (Å²) in [6, 6.07) is 8.46. The molecule has 0 bridgehead atoms. The van der Waals surface area contributed by atoms with E-state index in [2.05, 4.69) is 4.72 Å². The molecule has 0 aliphatic carbocycles. The van der Waals surface area contributed by atoms with E-state index in [1.165, 1.54) is 12.1 Å². The molecule has 0 radical (unpaired) electrons. The number of rotatable bonds is 4. The van der Waals surface area contributed by atoms with Gasteiger partial charge >= 0.3 is 6.18 Å². The molecule has 1 N–H and O–H groups in total. The summed E-state index contributed by atoms with van der Waals surface area (Å²) in [6.07, 6.45) is -4.49. The summed E-state index contributed by atoms with van der Waals surface area (Å²) in [5.74, 6) is -0.586. The molecule has 0 aliphatic heterocycles. The minimum Gasteiger partial charge on any atom is -0.207 e. The molecule has 0 atom stereocenters. The lowest BCUT2D eigenvalue weighted by molar-refractivity contribution is -0.137.